The van der Waals surface area contributed by atoms with Crippen LogP contribution in [0.25, 0.3) is 0 Å². The summed E-state index contributed by atoms with van der Waals surface area (Å²) in [4.78, 5) is 6.74. The smallest absolute Gasteiger partial charge is 0.0937 e. The first kappa shape index (κ1) is 17.4. The van der Waals surface area contributed by atoms with Gasteiger partial charge in [0.15, 0.2) is 0 Å². The average Bonchev–Trinajstić information content (AvgIpc) is 2.65. The van der Waals surface area contributed by atoms with E-state index in [-0.39, 0.29) is 5.60 Å². The lowest BCUT2D eigenvalue weighted by Crippen LogP contribution is -2.68. The van der Waals surface area contributed by atoms with Crippen LogP contribution in [0.15, 0.2) is 24.5 Å². The van der Waals surface area contributed by atoms with E-state index in [1.54, 1.807) is 6.20 Å². The van der Waals surface area contributed by atoms with Gasteiger partial charge < -0.3 is 14.2 Å². The summed E-state index contributed by atoms with van der Waals surface area (Å²) in [6.07, 6.45) is 9.56. The van der Waals surface area contributed by atoms with Crippen LogP contribution in [0.5, 0.6) is 0 Å². The molecule has 0 amide bonds. The first-order valence-corrected chi connectivity index (χ1v) is 9.75. The van der Waals surface area contributed by atoms with E-state index in [4.69, 9.17) is 14.2 Å². The molecule has 0 aromatic carbocycles. The van der Waals surface area contributed by atoms with Crippen molar-refractivity contribution in [2.24, 2.45) is 5.92 Å². The lowest BCUT2D eigenvalue weighted by atomic mass is 9.78. The zero-order valence-corrected chi connectivity index (χ0v) is 15.1. The summed E-state index contributed by atoms with van der Waals surface area (Å²) in [7, 11) is 0. The SMILES string of the molecule is c1cncc(COCC[C@H]2CCOC3(C2)CN(C2CCOCC2)C3)c1. The minimum Gasteiger partial charge on any atom is -0.381 e. The highest BCUT2D eigenvalue weighted by atomic mass is 16.5. The number of aromatic nitrogens is 1. The number of nitrogens with zero attached hydrogens (tertiary/aromatic N) is 2. The van der Waals surface area contributed by atoms with Crippen LogP contribution in [0.4, 0.5) is 0 Å². The molecule has 0 bridgehead atoms. The normalized spacial score (nSPS) is 27.3. The third kappa shape index (κ3) is 4.40. The second-order valence-electron chi connectivity index (χ2n) is 7.84. The summed E-state index contributed by atoms with van der Waals surface area (Å²) < 4.78 is 17.5. The minimum atomic E-state index is 0.130. The standard InChI is InChI=1S/C20H30N2O3/c1-2-18(13-21-7-1)14-24-8-3-17-4-11-25-20(12-17)15-22(16-20)19-5-9-23-10-6-19/h1-2,7,13,17,19H,3-6,8-12,14-16H2/t17-/m0/s1. The Labute approximate surface area is 150 Å². The lowest BCUT2D eigenvalue weighted by molar-refractivity contribution is -0.195. The van der Waals surface area contributed by atoms with Crippen molar-refractivity contribution in [2.45, 2.75) is 50.4 Å². The fourth-order valence-electron chi connectivity index (χ4n) is 4.52. The van der Waals surface area contributed by atoms with Crippen molar-refractivity contribution in [3.63, 3.8) is 0 Å². The van der Waals surface area contributed by atoms with E-state index in [1.807, 2.05) is 12.3 Å². The van der Waals surface area contributed by atoms with Gasteiger partial charge >= 0.3 is 0 Å². The van der Waals surface area contributed by atoms with E-state index < -0.39 is 0 Å². The molecule has 4 rings (SSSR count). The van der Waals surface area contributed by atoms with Gasteiger partial charge in [-0.25, -0.2) is 0 Å². The summed E-state index contributed by atoms with van der Waals surface area (Å²) in [5.74, 6) is 0.736. The molecule has 1 spiro atoms. The topological polar surface area (TPSA) is 43.8 Å². The Bertz CT molecular complexity index is 527. The van der Waals surface area contributed by atoms with E-state index >= 15 is 0 Å². The summed E-state index contributed by atoms with van der Waals surface area (Å²) >= 11 is 0. The molecule has 3 fully saturated rings. The molecule has 3 saturated heterocycles. The minimum absolute atomic E-state index is 0.130. The van der Waals surface area contributed by atoms with E-state index in [9.17, 15) is 0 Å². The van der Waals surface area contributed by atoms with Crippen LogP contribution in [0, 0.1) is 5.92 Å². The zero-order chi connectivity index (χ0) is 17.0. The maximum atomic E-state index is 6.21. The van der Waals surface area contributed by atoms with Crippen molar-refractivity contribution in [1.29, 1.82) is 0 Å². The highest BCUT2D eigenvalue weighted by molar-refractivity contribution is 5.06. The van der Waals surface area contributed by atoms with Crippen LogP contribution < -0.4 is 0 Å². The van der Waals surface area contributed by atoms with E-state index in [0.717, 1.165) is 57.4 Å². The number of likely N-dealkylation sites (tertiary alicyclic amines) is 1. The quantitative estimate of drug-likeness (QED) is 0.741. The van der Waals surface area contributed by atoms with Crippen LogP contribution >= 0.6 is 0 Å². The number of ether oxygens (including phenoxy) is 3. The van der Waals surface area contributed by atoms with E-state index in [0.29, 0.717) is 12.6 Å². The third-order valence-corrected chi connectivity index (χ3v) is 5.95. The molecule has 4 heterocycles. The highest BCUT2D eigenvalue weighted by Gasteiger charge is 2.49. The van der Waals surface area contributed by atoms with Gasteiger partial charge in [-0.3, -0.25) is 9.88 Å². The molecule has 3 aliphatic rings. The van der Waals surface area contributed by atoms with Crippen molar-refractivity contribution >= 4 is 0 Å². The molecular weight excluding hydrogens is 316 g/mol. The molecule has 0 unspecified atom stereocenters. The van der Waals surface area contributed by atoms with Crippen molar-refractivity contribution in [3.05, 3.63) is 30.1 Å². The monoisotopic (exact) mass is 346 g/mol. The maximum Gasteiger partial charge on any atom is 0.0937 e. The van der Waals surface area contributed by atoms with Gasteiger partial charge in [-0.1, -0.05) is 6.07 Å². The van der Waals surface area contributed by atoms with Crippen LogP contribution in [0.1, 0.15) is 37.7 Å². The molecule has 1 aromatic heterocycles. The van der Waals surface area contributed by atoms with Crippen LogP contribution in [0.2, 0.25) is 0 Å². The summed E-state index contributed by atoms with van der Waals surface area (Å²) in [6, 6.07) is 4.74. The second kappa shape index (κ2) is 8.12. The van der Waals surface area contributed by atoms with Gasteiger partial charge in [-0.2, -0.15) is 0 Å². The molecule has 0 radical (unpaired) electrons. The predicted octanol–water partition coefficient (Wildman–Crippen LogP) is 2.65. The highest BCUT2D eigenvalue weighted by Crippen LogP contribution is 2.40. The molecule has 138 valence electrons. The molecule has 3 aliphatic heterocycles. The van der Waals surface area contributed by atoms with Gasteiger partial charge in [0.2, 0.25) is 0 Å². The number of hydrogen-bond acceptors (Lipinski definition) is 5. The van der Waals surface area contributed by atoms with Gasteiger partial charge in [0, 0.05) is 58.0 Å². The molecule has 0 N–H and O–H groups in total. The maximum absolute atomic E-state index is 6.21. The number of hydrogen-bond donors (Lipinski definition) is 0. The first-order chi connectivity index (χ1) is 12.3. The predicted molar refractivity (Wildman–Crippen MR) is 95.3 cm³/mol. The molecule has 1 aromatic rings. The third-order valence-electron chi connectivity index (χ3n) is 5.95. The largest absolute Gasteiger partial charge is 0.381 e. The molecule has 25 heavy (non-hydrogen) atoms. The Morgan fingerprint density at radius 3 is 2.88 bits per heavy atom. The molecule has 1 atom stereocenters. The van der Waals surface area contributed by atoms with Crippen LogP contribution in [0.3, 0.4) is 0 Å². The summed E-state index contributed by atoms with van der Waals surface area (Å²) in [5, 5.41) is 0. The van der Waals surface area contributed by atoms with E-state index in [1.165, 1.54) is 25.7 Å². The van der Waals surface area contributed by atoms with Crippen molar-refractivity contribution in [2.75, 3.05) is 39.5 Å². The second-order valence-corrected chi connectivity index (χ2v) is 7.84. The lowest BCUT2D eigenvalue weighted by Gasteiger charge is -2.56. The average molecular weight is 346 g/mol. The molecule has 5 heteroatoms. The van der Waals surface area contributed by atoms with Gasteiger partial charge in [0.25, 0.3) is 0 Å². The first-order valence-electron chi connectivity index (χ1n) is 9.75. The molecule has 5 nitrogen and oxygen atoms in total. The summed E-state index contributed by atoms with van der Waals surface area (Å²) in [6.45, 7) is 6.49. The van der Waals surface area contributed by atoms with Crippen molar-refractivity contribution < 1.29 is 14.2 Å². The van der Waals surface area contributed by atoms with Gasteiger partial charge in [-0.15, -0.1) is 0 Å². The Morgan fingerprint density at radius 1 is 1.20 bits per heavy atom. The fraction of sp³-hybridized carbons (Fsp3) is 0.750. The van der Waals surface area contributed by atoms with Gasteiger partial charge in [0.05, 0.1) is 12.2 Å². The van der Waals surface area contributed by atoms with Crippen molar-refractivity contribution in [3.8, 4) is 0 Å². The van der Waals surface area contributed by atoms with Gasteiger partial charge in [-0.05, 0) is 49.7 Å². The Morgan fingerprint density at radius 2 is 2.08 bits per heavy atom. The fourth-order valence-corrected chi connectivity index (χ4v) is 4.52. The molecule has 0 saturated carbocycles. The van der Waals surface area contributed by atoms with Crippen molar-refractivity contribution in [1.82, 2.24) is 9.88 Å². The Balaban J connectivity index is 1.17. The molecule has 0 aliphatic carbocycles. The zero-order valence-electron chi connectivity index (χ0n) is 15.1. The van der Waals surface area contributed by atoms with Crippen LogP contribution in [-0.4, -0.2) is 61.0 Å². The summed E-state index contributed by atoms with van der Waals surface area (Å²) in [5.41, 5.74) is 1.28. The van der Waals surface area contributed by atoms with Gasteiger partial charge in [0.1, 0.15) is 0 Å². The Kier molecular flexibility index (Phi) is 5.66. The molecular formula is C20H30N2O3. The Hall–Kier alpha value is -1.01. The van der Waals surface area contributed by atoms with E-state index in [2.05, 4.69) is 16.0 Å². The van der Waals surface area contributed by atoms with Crippen LogP contribution in [-0.2, 0) is 20.8 Å². The number of pyridine rings is 1. The number of rotatable bonds is 6.